The van der Waals surface area contributed by atoms with E-state index in [1.165, 1.54) is 11.8 Å². The molecule has 0 aliphatic carbocycles. The maximum Gasteiger partial charge on any atom is 0.313 e. The van der Waals surface area contributed by atoms with E-state index in [1.54, 1.807) is 10.9 Å². The number of rotatable bonds is 7. The molecule has 0 atom stereocenters. The lowest BCUT2D eigenvalue weighted by Crippen LogP contribution is -2.26. The van der Waals surface area contributed by atoms with E-state index in [1.807, 2.05) is 39.0 Å². The summed E-state index contributed by atoms with van der Waals surface area (Å²) in [6.45, 7) is 6.31. The molecule has 0 saturated heterocycles. The number of aromatic nitrogens is 2. The lowest BCUT2D eigenvalue weighted by molar-refractivity contribution is -0.133. The van der Waals surface area contributed by atoms with E-state index in [4.69, 9.17) is 5.11 Å². The predicted octanol–water partition coefficient (Wildman–Crippen LogP) is 2.35. The molecule has 1 aromatic carbocycles. The van der Waals surface area contributed by atoms with Gasteiger partial charge in [-0.2, -0.15) is 5.10 Å². The van der Waals surface area contributed by atoms with E-state index in [-0.39, 0.29) is 11.7 Å². The Morgan fingerprint density at radius 3 is 2.75 bits per heavy atom. The van der Waals surface area contributed by atoms with E-state index in [2.05, 4.69) is 10.4 Å². The van der Waals surface area contributed by atoms with Gasteiger partial charge >= 0.3 is 5.97 Å². The summed E-state index contributed by atoms with van der Waals surface area (Å²) < 4.78 is 1.77. The molecule has 2 aromatic rings. The summed E-state index contributed by atoms with van der Waals surface area (Å²) in [5.74, 6) is -0.446. The number of nitrogens with one attached hydrogen (secondary N) is 1. The predicted molar refractivity (Wildman–Crippen MR) is 95.1 cm³/mol. The standard InChI is InChI=1S/C17H21N3O3S/c1-11-4-5-12(2)15(8-11)20-13(3)14(9-19-20)17(23)18-6-7-24-10-16(21)22/h4-5,8-9H,6-7,10H2,1-3H3,(H,18,23)(H,21,22). The van der Waals surface area contributed by atoms with Crippen LogP contribution >= 0.6 is 11.8 Å². The molecule has 7 heteroatoms. The summed E-state index contributed by atoms with van der Waals surface area (Å²) in [5, 5.41) is 15.7. The van der Waals surface area contributed by atoms with Crippen LogP contribution in [0.3, 0.4) is 0 Å². The number of carbonyl (C=O) groups is 2. The molecule has 0 saturated carbocycles. The summed E-state index contributed by atoms with van der Waals surface area (Å²) in [4.78, 5) is 22.7. The molecule has 1 amide bonds. The van der Waals surface area contributed by atoms with E-state index in [0.29, 0.717) is 17.9 Å². The van der Waals surface area contributed by atoms with Gasteiger partial charge in [-0.1, -0.05) is 12.1 Å². The van der Waals surface area contributed by atoms with Gasteiger partial charge in [-0.25, -0.2) is 4.68 Å². The first-order valence-electron chi connectivity index (χ1n) is 7.60. The number of aryl methyl sites for hydroxylation is 2. The first-order valence-corrected chi connectivity index (χ1v) is 8.75. The van der Waals surface area contributed by atoms with Crippen LogP contribution in [0.5, 0.6) is 0 Å². The molecule has 2 rings (SSSR count). The third-order valence-corrected chi connectivity index (χ3v) is 4.55. The number of nitrogens with zero attached hydrogens (tertiary/aromatic N) is 2. The highest BCUT2D eigenvalue weighted by Crippen LogP contribution is 2.19. The Hall–Kier alpha value is -2.28. The van der Waals surface area contributed by atoms with Crippen LogP contribution in [0, 0.1) is 20.8 Å². The molecule has 6 nitrogen and oxygen atoms in total. The van der Waals surface area contributed by atoms with Gasteiger partial charge in [0.2, 0.25) is 0 Å². The summed E-state index contributed by atoms with van der Waals surface area (Å²) in [7, 11) is 0. The van der Waals surface area contributed by atoms with Crippen LogP contribution in [-0.2, 0) is 4.79 Å². The van der Waals surface area contributed by atoms with Gasteiger partial charge in [0, 0.05) is 12.3 Å². The molecule has 0 spiro atoms. The van der Waals surface area contributed by atoms with Crippen molar-refractivity contribution >= 4 is 23.6 Å². The number of benzene rings is 1. The SMILES string of the molecule is Cc1ccc(C)c(-n2ncc(C(=O)NCCSCC(=O)O)c2C)c1. The van der Waals surface area contributed by atoms with Crippen molar-refractivity contribution in [2.75, 3.05) is 18.1 Å². The zero-order valence-electron chi connectivity index (χ0n) is 14.0. The number of carboxylic acid groups (broad SMARTS) is 1. The molecule has 0 unspecified atom stereocenters. The highest BCUT2D eigenvalue weighted by Gasteiger charge is 2.15. The van der Waals surface area contributed by atoms with Gasteiger partial charge in [-0.3, -0.25) is 9.59 Å². The second-order valence-electron chi connectivity index (χ2n) is 5.55. The van der Waals surface area contributed by atoms with Gasteiger partial charge in [0.15, 0.2) is 0 Å². The van der Waals surface area contributed by atoms with Crippen molar-refractivity contribution in [3.63, 3.8) is 0 Å². The van der Waals surface area contributed by atoms with Crippen LogP contribution < -0.4 is 5.32 Å². The molecule has 1 aromatic heterocycles. The molecule has 1 heterocycles. The third kappa shape index (κ3) is 4.38. The first-order chi connectivity index (χ1) is 11.4. The van der Waals surface area contributed by atoms with Gasteiger partial charge < -0.3 is 10.4 Å². The monoisotopic (exact) mass is 347 g/mol. The van der Waals surface area contributed by atoms with Crippen molar-refractivity contribution in [1.82, 2.24) is 15.1 Å². The molecule has 0 radical (unpaired) electrons. The normalized spacial score (nSPS) is 10.6. The topological polar surface area (TPSA) is 84.2 Å². The minimum Gasteiger partial charge on any atom is -0.481 e. The first kappa shape index (κ1) is 18.1. The largest absolute Gasteiger partial charge is 0.481 e. The van der Waals surface area contributed by atoms with Crippen molar-refractivity contribution in [2.24, 2.45) is 0 Å². The average Bonchev–Trinajstić information content (AvgIpc) is 2.90. The molecular weight excluding hydrogens is 326 g/mol. The van der Waals surface area contributed by atoms with Gasteiger partial charge in [0.25, 0.3) is 5.91 Å². The van der Waals surface area contributed by atoms with Crippen LogP contribution in [0.25, 0.3) is 5.69 Å². The Morgan fingerprint density at radius 2 is 2.04 bits per heavy atom. The summed E-state index contributed by atoms with van der Waals surface area (Å²) in [5.41, 5.74) is 4.48. The van der Waals surface area contributed by atoms with Crippen LogP contribution in [0.2, 0.25) is 0 Å². The maximum atomic E-state index is 12.3. The number of hydrogen-bond donors (Lipinski definition) is 2. The molecule has 24 heavy (non-hydrogen) atoms. The molecular formula is C17H21N3O3S. The maximum absolute atomic E-state index is 12.3. The fourth-order valence-electron chi connectivity index (χ4n) is 2.31. The van der Waals surface area contributed by atoms with Crippen molar-refractivity contribution in [2.45, 2.75) is 20.8 Å². The second kappa shape index (κ2) is 8.01. The number of carbonyl (C=O) groups excluding carboxylic acids is 1. The number of hydrogen-bond acceptors (Lipinski definition) is 4. The van der Waals surface area contributed by atoms with E-state index < -0.39 is 5.97 Å². The van der Waals surface area contributed by atoms with E-state index >= 15 is 0 Å². The highest BCUT2D eigenvalue weighted by molar-refractivity contribution is 7.99. The van der Waals surface area contributed by atoms with Crippen LogP contribution in [0.4, 0.5) is 0 Å². The molecule has 0 aliphatic heterocycles. The van der Waals surface area contributed by atoms with E-state index in [0.717, 1.165) is 22.5 Å². The Labute approximate surface area is 145 Å². The molecule has 0 bridgehead atoms. The lowest BCUT2D eigenvalue weighted by Gasteiger charge is -2.10. The van der Waals surface area contributed by atoms with Gasteiger partial charge in [0.1, 0.15) is 0 Å². The van der Waals surface area contributed by atoms with Crippen molar-refractivity contribution in [1.29, 1.82) is 0 Å². The summed E-state index contributed by atoms with van der Waals surface area (Å²) in [6, 6.07) is 6.12. The Bertz CT molecular complexity index is 756. The van der Waals surface area contributed by atoms with Crippen molar-refractivity contribution < 1.29 is 14.7 Å². The minimum atomic E-state index is -0.850. The molecule has 0 aliphatic rings. The molecule has 128 valence electrons. The zero-order valence-corrected chi connectivity index (χ0v) is 14.8. The second-order valence-corrected chi connectivity index (χ2v) is 6.65. The van der Waals surface area contributed by atoms with Crippen molar-refractivity contribution in [3.05, 3.63) is 46.8 Å². The fourth-order valence-corrected chi connectivity index (χ4v) is 2.88. The Balaban J connectivity index is 2.05. The van der Waals surface area contributed by atoms with Crippen LogP contribution in [-0.4, -0.2) is 44.8 Å². The smallest absolute Gasteiger partial charge is 0.313 e. The van der Waals surface area contributed by atoms with Crippen LogP contribution in [0.1, 0.15) is 27.2 Å². The van der Waals surface area contributed by atoms with Gasteiger partial charge in [0.05, 0.1) is 28.9 Å². The average molecular weight is 347 g/mol. The lowest BCUT2D eigenvalue weighted by atomic mass is 10.1. The van der Waals surface area contributed by atoms with E-state index in [9.17, 15) is 9.59 Å². The highest BCUT2D eigenvalue weighted by atomic mass is 32.2. The molecule has 2 N–H and O–H groups in total. The molecule has 0 fully saturated rings. The third-order valence-electron chi connectivity index (χ3n) is 3.60. The number of carboxylic acids is 1. The van der Waals surface area contributed by atoms with Gasteiger partial charge in [-0.15, -0.1) is 11.8 Å². The van der Waals surface area contributed by atoms with Crippen LogP contribution in [0.15, 0.2) is 24.4 Å². The number of thioether (sulfide) groups is 1. The quantitative estimate of drug-likeness (QED) is 0.751. The summed E-state index contributed by atoms with van der Waals surface area (Å²) in [6.07, 6.45) is 1.57. The zero-order chi connectivity index (χ0) is 17.7. The van der Waals surface area contributed by atoms with Gasteiger partial charge in [-0.05, 0) is 38.0 Å². The van der Waals surface area contributed by atoms with Crippen molar-refractivity contribution in [3.8, 4) is 5.69 Å². The summed E-state index contributed by atoms with van der Waals surface area (Å²) >= 11 is 1.27. The minimum absolute atomic E-state index is 0.0411. The number of amides is 1. The Morgan fingerprint density at radius 1 is 1.29 bits per heavy atom. The number of aliphatic carboxylic acids is 1. The Kier molecular flexibility index (Phi) is 6.03. The fraction of sp³-hybridized carbons (Fsp3) is 0.353.